The van der Waals surface area contributed by atoms with Crippen molar-refractivity contribution in [3.05, 3.63) is 77.6 Å². The van der Waals surface area contributed by atoms with Crippen LogP contribution in [0.5, 0.6) is 5.75 Å². The van der Waals surface area contributed by atoms with Crippen LogP contribution in [0.2, 0.25) is 0 Å². The van der Waals surface area contributed by atoms with E-state index in [1.165, 1.54) is 6.07 Å². The molecule has 0 fully saturated rings. The van der Waals surface area contributed by atoms with Crippen molar-refractivity contribution in [3.63, 3.8) is 0 Å². The number of nitrogens with zero attached hydrogens (tertiary/aromatic N) is 2. The molecule has 7 nitrogen and oxygen atoms in total. The molecule has 0 bridgehead atoms. The first-order valence-corrected chi connectivity index (χ1v) is 8.03. The number of hydrogen-bond acceptors (Lipinski definition) is 6. The lowest BCUT2D eigenvalue weighted by molar-refractivity contribution is 0.0951. The molecule has 132 valence electrons. The molecule has 0 aliphatic rings. The summed E-state index contributed by atoms with van der Waals surface area (Å²) in [6.45, 7) is 0.708. The second-order valence-electron chi connectivity index (χ2n) is 5.61. The van der Waals surface area contributed by atoms with Crippen molar-refractivity contribution in [2.75, 3.05) is 11.5 Å². The summed E-state index contributed by atoms with van der Waals surface area (Å²) in [4.78, 5) is 20.4. The number of carbonyl (C=O) groups is 1. The molecule has 3 rings (SSSR count). The van der Waals surface area contributed by atoms with Crippen molar-refractivity contribution >= 4 is 17.5 Å². The van der Waals surface area contributed by atoms with E-state index in [1.807, 2.05) is 42.5 Å². The number of ether oxygens (including phenoxy) is 1. The second kappa shape index (κ2) is 7.98. The number of para-hydroxylation sites is 1. The Labute approximate surface area is 151 Å². The van der Waals surface area contributed by atoms with E-state index in [9.17, 15) is 4.79 Å². The van der Waals surface area contributed by atoms with Gasteiger partial charge in [-0.2, -0.15) is 0 Å². The highest BCUT2D eigenvalue weighted by atomic mass is 16.5. The number of rotatable bonds is 6. The minimum absolute atomic E-state index is 0.101. The van der Waals surface area contributed by atoms with E-state index < -0.39 is 0 Å². The Morgan fingerprint density at radius 3 is 2.54 bits per heavy atom. The monoisotopic (exact) mass is 349 g/mol. The molecule has 0 radical (unpaired) electrons. The van der Waals surface area contributed by atoms with Crippen molar-refractivity contribution < 1.29 is 9.53 Å². The van der Waals surface area contributed by atoms with Gasteiger partial charge in [0.25, 0.3) is 5.91 Å². The van der Waals surface area contributed by atoms with E-state index in [2.05, 4.69) is 15.3 Å². The van der Waals surface area contributed by atoms with Gasteiger partial charge in [0.05, 0.1) is 17.8 Å². The molecule has 0 saturated heterocycles. The van der Waals surface area contributed by atoms with E-state index >= 15 is 0 Å². The summed E-state index contributed by atoms with van der Waals surface area (Å²) >= 11 is 0. The fourth-order valence-corrected chi connectivity index (χ4v) is 2.28. The van der Waals surface area contributed by atoms with Crippen LogP contribution >= 0.6 is 0 Å². The lowest BCUT2D eigenvalue weighted by Crippen LogP contribution is -2.24. The van der Waals surface area contributed by atoms with Gasteiger partial charge in [-0.1, -0.05) is 24.3 Å². The number of nitrogens with two attached hydrogens (primary N) is 2. The predicted octanol–water partition coefficient (Wildman–Crippen LogP) is 2.15. The van der Waals surface area contributed by atoms with Crippen molar-refractivity contribution in [1.82, 2.24) is 15.3 Å². The second-order valence-corrected chi connectivity index (χ2v) is 5.61. The normalized spacial score (nSPS) is 10.3. The summed E-state index contributed by atoms with van der Waals surface area (Å²) in [6, 6.07) is 16.4. The van der Waals surface area contributed by atoms with Crippen LogP contribution in [0.25, 0.3) is 0 Å². The number of hydrogen-bond donors (Lipinski definition) is 3. The number of amides is 1. The van der Waals surface area contributed by atoms with Crippen molar-refractivity contribution in [3.8, 4) is 5.75 Å². The first-order valence-electron chi connectivity index (χ1n) is 8.03. The van der Waals surface area contributed by atoms with E-state index in [0.29, 0.717) is 6.61 Å². The van der Waals surface area contributed by atoms with Gasteiger partial charge in [0.15, 0.2) is 0 Å². The van der Waals surface area contributed by atoms with Crippen LogP contribution in [0.1, 0.15) is 21.6 Å². The zero-order valence-electron chi connectivity index (χ0n) is 14.1. The average molecular weight is 349 g/mol. The molecule has 2 aromatic heterocycles. The molecule has 0 aliphatic heterocycles. The van der Waals surface area contributed by atoms with E-state index in [-0.39, 0.29) is 29.7 Å². The first-order chi connectivity index (χ1) is 12.6. The number of anilines is 2. The summed E-state index contributed by atoms with van der Waals surface area (Å²) in [5.41, 5.74) is 13.2. The molecule has 2 heterocycles. The molecular weight excluding hydrogens is 330 g/mol. The average Bonchev–Trinajstić information content (AvgIpc) is 2.66. The van der Waals surface area contributed by atoms with Crippen LogP contribution in [-0.2, 0) is 13.2 Å². The summed E-state index contributed by atoms with van der Waals surface area (Å²) in [5, 5.41) is 2.76. The zero-order valence-corrected chi connectivity index (χ0v) is 14.1. The Balaban J connectivity index is 1.53. The molecule has 0 unspecified atom stereocenters. The number of nitrogens with one attached hydrogen (secondary N) is 1. The molecule has 3 aromatic rings. The Hall–Kier alpha value is -3.61. The highest BCUT2D eigenvalue weighted by molar-refractivity contribution is 5.98. The van der Waals surface area contributed by atoms with Gasteiger partial charge in [0, 0.05) is 11.8 Å². The van der Waals surface area contributed by atoms with Crippen LogP contribution in [0.3, 0.4) is 0 Å². The quantitative estimate of drug-likeness (QED) is 0.628. The third-order valence-electron chi connectivity index (χ3n) is 3.66. The summed E-state index contributed by atoms with van der Waals surface area (Å²) in [5.74, 6) is 0.852. The first kappa shape index (κ1) is 17.2. The zero-order chi connectivity index (χ0) is 18.4. The van der Waals surface area contributed by atoms with E-state index in [1.54, 1.807) is 12.3 Å². The van der Waals surface area contributed by atoms with Gasteiger partial charge in [0.2, 0.25) is 0 Å². The van der Waals surface area contributed by atoms with Gasteiger partial charge in [-0.15, -0.1) is 0 Å². The SMILES string of the molecule is Nc1ccc(C(=O)NCc2ccc(COc3ccccc3)cn2)c(N)n1. The molecule has 0 atom stereocenters. The third kappa shape index (κ3) is 4.47. The lowest BCUT2D eigenvalue weighted by Gasteiger charge is -2.08. The Bertz CT molecular complexity index is 882. The lowest BCUT2D eigenvalue weighted by atomic mass is 10.2. The Kier molecular flexibility index (Phi) is 5.28. The molecule has 1 aromatic carbocycles. The van der Waals surface area contributed by atoms with Gasteiger partial charge in [-0.3, -0.25) is 9.78 Å². The van der Waals surface area contributed by atoms with Crippen LogP contribution < -0.4 is 21.5 Å². The van der Waals surface area contributed by atoms with Gasteiger partial charge >= 0.3 is 0 Å². The van der Waals surface area contributed by atoms with E-state index in [0.717, 1.165) is 17.0 Å². The number of carbonyl (C=O) groups excluding carboxylic acids is 1. The van der Waals surface area contributed by atoms with Crippen molar-refractivity contribution in [2.45, 2.75) is 13.2 Å². The smallest absolute Gasteiger partial charge is 0.255 e. The molecule has 0 spiro atoms. The maximum atomic E-state index is 12.2. The number of nitrogen functional groups attached to an aromatic ring is 2. The molecule has 7 heteroatoms. The molecule has 1 amide bonds. The van der Waals surface area contributed by atoms with Crippen LogP contribution in [0, 0.1) is 0 Å². The summed E-state index contributed by atoms with van der Waals surface area (Å²) in [6.07, 6.45) is 1.73. The molecule has 0 saturated carbocycles. The Morgan fingerprint density at radius 2 is 1.85 bits per heavy atom. The summed E-state index contributed by atoms with van der Waals surface area (Å²) in [7, 11) is 0. The van der Waals surface area contributed by atoms with Gasteiger partial charge < -0.3 is 21.5 Å². The predicted molar refractivity (Wildman–Crippen MR) is 99.2 cm³/mol. The van der Waals surface area contributed by atoms with Crippen molar-refractivity contribution in [1.29, 1.82) is 0 Å². The highest BCUT2D eigenvalue weighted by Gasteiger charge is 2.11. The van der Waals surface area contributed by atoms with Crippen molar-refractivity contribution in [2.24, 2.45) is 0 Å². The largest absolute Gasteiger partial charge is 0.489 e. The number of benzene rings is 1. The van der Waals surface area contributed by atoms with Gasteiger partial charge in [0.1, 0.15) is 24.0 Å². The minimum Gasteiger partial charge on any atom is -0.489 e. The minimum atomic E-state index is -0.326. The summed E-state index contributed by atoms with van der Waals surface area (Å²) < 4.78 is 5.67. The molecule has 0 aliphatic carbocycles. The molecule has 26 heavy (non-hydrogen) atoms. The van der Waals surface area contributed by atoms with Crippen LogP contribution in [0.4, 0.5) is 11.6 Å². The fourth-order valence-electron chi connectivity index (χ4n) is 2.28. The maximum Gasteiger partial charge on any atom is 0.255 e. The Morgan fingerprint density at radius 1 is 1.04 bits per heavy atom. The van der Waals surface area contributed by atoms with Crippen LogP contribution in [-0.4, -0.2) is 15.9 Å². The maximum absolute atomic E-state index is 12.2. The third-order valence-corrected chi connectivity index (χ3v) is 3.66. The number of aromatic nitrogens is 2. The van der Waals surface area contributed by atoms with Crippen LogP contribution in [0.15, 0.2) is 60.8 Å². The van der Waals surface area contributed by atoms with E-state index in [4.69, 9.17) is 16.2 Å². The fraction of sp³-hybridized carbons (Fsp3) is 0.105. The molecule has 5 N–H and O–H groups in total. The standard InChI is InChI=1S/C19H19N5O2/c20-17-9-8-16(18(21)24-17)19(25)23-11-14-7-6-13(10-22-14)12-26-15-4-2-1-3-5-15/h1-10H,11-12H2,(H,23,25)(H4,20,21,24). The van der Waals surface area contributed by atoms with Gasteiger partial charge in [-0.25, -0.2) is 4.98 Å². The molecular formula is C19H19N5O2. The highest BCUT2D eigenvalue weighted by Crippen LogP contribution is 2.12. The number of pyridine rings is 2. The topological polar surface area (TPSA) is 116 Å². The van der Waals surface area contributed by atoms with Gasteiger partial charge in [-0.05, 0) is 30.3 Å².